The standard InChI is InChI=1S/C40H24N6/c1-3-12-26(13-4-1)38-42-39(27-14-5-2-6-15-27)44-40(43-38)46-32-19-11-16-25-21-22-28-24-30-29-17-7-8-18-31(29)45(33-20-9-10-23-41-33)36(30)37(46)35(28)34(25)32/h1-24H. The molecule has 0 aliphatic heterocycles. The largest absolute Gasteiger partial charge is 0.292 e. The van der Waals surface area contributed by atoms with Crippen LogP contribution in [-0.4, -0.2) is 29.1 Å². The molecule has 0 radical (unpaired) electrons. The molecule has 10 aromatic rings. The monoisotopic (exact) mass is 588 g/mol. The average Bonchev–Trinajstić information content (AvgIpc) is 3.66. The van der Waals surface area contributed by atoms with Crippen molar-refractivity contribution in [2.75, 3.05) is 0 Å². The molecule has 4 heterocycles. The van der Waals surface area contributed by atoms with E-state index in [1.54, 1.807) is 0 Å². The van der Waals surface area contributed by atoms with Gasteiger partial charge >= 0.3 is 0 Å². The van der Waals surface area contributed by atoms with Crippen LogP contribution in [0.3, 0.4) is 0 Å². The fourth-order valence-corrected chi connectivity index (χ4v) is 7.02. The minimum absolute atomic E-state index is 0.572. The first-order valence-electron chi connectivity index (χ1n) is 15.3. The molecular formula is C40H24N6. The van der Waals surface area contributed by atoms with Crippen LogP contribution in [0.2, 0.25) is 0 Å². The van der Waals surface area contributed by atoms with Crippen molar-refractivity contribution >= 4 is 54.4 Å². The molecule has 0 saturated carbocycles. The summed E-state index contributed by atoms with van der Waals surface area (Å²) in [5, 5.41) is 7.05. The zero-order chi connectivity index (χ0) is 30.2. The molecule has 0 unspecified atom stereocenters. The van der Waals surface area contributed by atoms with Crippen LogP contribution in [0.15, 0.2) is 146 Å². The van der Waals surface area contributed by atoms with Gasteiger partial charge in [-0.15, -0.1) is 0 Å². The highest BCUT2D eigenvalue weighted by Gasteiger charge is 2.25. The van der Waals surface area contributed by atoms with E-state index in [0.29, 0.717) is 17.6 Å². The van der Waals surface area contributed by atoms with E-state index in [-0.39, 0.29) is 0 Å². The van der Waals surface area contributed by atoms with E-state index in [1.165, 1.54) is 26.9 Å². The third-order valence-corrected chi connectivity index (χ3v) is 8.96. The number of benzene rings is 6. The lowest BCUT2D eigenvalue weighted by molar-refractivity contribution is 0.953. The highest BCUT2D eigenvalue weighted by atomic mass is 15.2. The molecule has 0 spiro atoms. The molecule has 6 aromatic carbocycles. The van der Waals surface area contributed by atoms with Gasteiger partial charge < -0.3 is 0 Å². The van der Waals surface area contributed by atoms with Crippen LogP contribution in [0.1, 0.15) is 0 Å². The van der Waals surface area contributed by atoms with Gasteiger partial charge in [-0.1, -0.05) is 109 Å². The normalized spacial score (nSPS) is 11.9. The fourth-order valence-electron chi connectivity index (χ4n) is 7.02. The van der Waals surface area contributed by atoms with E-state index in [9.17, 15) is 0 Å². The summed E-state index contributed by atoms with van der Waals surface area (Å²) in [6.07, 6.45) is 1.85. The van der Waals surface area contributed by atoms with Gasteiger partial charge in [-0.25, -0.2) is 9.97 Å². The van der Waals surface area contributed by atoms with E-state index < -0.39 is 0 Å². The van der Waals surface area contributed by atoms with Crippen LogP contribution in [0.25, 0.3) is 88.9 Å². The van der Waals surface area contributed by atoms with Crippen LogP contribution >= 0.6 is 0 Å². The van der Waals surface area contributed by atoms with Crippen molar-refractivity contribution in [1.82, 2.24) is 29.1 Å². The Labute approximate surface area is 263 Å². The molecular weight excluding hydrogens is 564 g/mol. The predicted molar refractivity (Wildman–Crippen MR) is 186 cm³/mol. The minimum Gasteiger partial charge on any atom is -0.292 e. The maximum Gasteiger partial charge on any atom is 0.238 e. The van der Waals surface area contributed by atoms with Gasteiger partial charge in [0, 0.05) is 38.9 Å². The molecule has 0 fully saturated rings. The molecule has 0 saturated heterocycles. The molecule has 214 valence electrons. The molecule has 10 rings (SSSR count). The molecule has 0 amide bonds. The molecule has 0 aliphatic carbocycles. The van der Waals surface area contributed by atoms with E-state index in [2.05, 4.69) is 75.9 Å². The van der Waals surface area contributed by atoms with E-state index in [0.717, 1.165) is 44.4 Å². The van der Waals surface area contributed by atoms with Crippen molar-refractivity contribution in [2.24, 2.45) is 0 Å². The van der Waals surface area contributed by atoms with Crippen molar-refractivity contribution in [3.8, 4) is 34.5 Å². The van der Waals surface area contributed by atoms with Crippen molar-refractivity contribution < 1.29 is 0 Å². The number of hydrogen-bond acceptors (Lipinski definition) is 4. The molecule has 0 atom stereocenters. The van der Waals surface area contributed by atoms with Crippen LogP contribution in [-0.2, 0) is 0 Å². The highest BCUT2D eigenvalue weighted by Crippen LogP contribution is 2.45. The topological polar surface area (TPSA) is 61.4 Å². The number of rotatable bonds is 4. The SMILES string of the molecule is c1ccc(-c2nc(-c3ccccc3)nc(-n3c4cccc5ccc6cc7c8ccccc8n(-c8ccccn8)c7c3c6c54)n2)cc1. The van der Waals surface area contributed by atoms with E-state index >= 15 is 0 Å². The zero-order valence-electron chi connectivity index (χ0n) is 24.5. The first kappa shape index (κ1) is 25.0. The summed E-state index contributed by atoms with van der Waals surface area (Å²) in [7, 11) is 0. The van der Waals surface area contributed by atoms with Gasteiger partial charge in [-0.05, 0) is 41.1 Å². The van der Waals surface area contributed by atoms with Gasteiger partial charge in [0.15, 0.2) is 11.6 Å². The molecule has 46 heavy (non-hydrogen) atoms. The summed E-state index contributed by atoms with van der Waals surface area (Å²) in [5.41, 5.74) is 6.13. The summed E-state index contributed by atoms with van der Waals surface area (Å²) in [4.78, 5) is 20.3. The van der Waals surface area contributed by atoms with Crippen molar-refractivity contribution in [2.45, 2.75) is 0 Å². The lowest BCUT2D eigenvalue weighted by Gasteiger charge is -2.13. The molecule has 0 aliphatic rings. The zero-order valence-corrected chi connectivity index (χ0v) is 24.5. The maximum absolute atomic E-state index is 5.21. The summed E-state index contributed by atoms with van der Waals surface area (Å²) in [6.45, 7) is 0. The molecule has 6 nitrogen and oxygen atoms in total. The first-order valence-corrected chi connectivity index (χ1v) is 15.3. The number of aromatic nitrogens is 6. The van der Waals surface area contributed by atoms with Crippen LogP contribution in [0.4, 0.5) is 0 Å². The second-order valence-electron chi connectivity index (χ2n) is 11.6. The van der Waals surface area contributed by atoms with E-state index in [1.807, 2.05) is 79.0 Å². The Morgan fingerprint density at radius 3 is 1.85 bits per heavy atom. The summed E-state index contributed by atoms with van der Waals surface area (Å²) in [5.74, 6) is 2.68. The molecule has 0 bridgehead atoms. The second-order valence-corrected chi connectivity index (χ2v) is 11.6. The van der Waals surface area contributed by atoms with E-state index in [4.69, 9.17) is 19.9 Å². The third-order valence-electron chi connectivity index (χ3n) is 8.96. The van der Waals surface area contributed by atoms with Crippen molar-refractivity contribution in [3.05, 3.63) is 146 Å². The summed E-state index contributed by atoms with van der Waals surface area (Å²) < 4.78 is 4.53. The molecule has 0 N–H and O–H groups in total. The number of fused-ring (bicyclic) bond motifs is 4. The van der Waals surface area contributed by atoms with Crippen LogP contribution in [0, 0.1) is 0 Å². The van der Waals surface area contributed by atoms with Gasteiger partial charge in [0.05, 0.1) is 22.1 Å². The Hall–Kier alpha value is -6.40. The van der Waals surface area contributed by atoms with Gasteiger partial charge in [0.1, 0.15) is 5.82 Å². The van der Waals surface area contributed by atoms with Gasteiger partial charge in [-0.3, -0.25) is 9.13 Å². The first-order chi connectivity index (χ1) is 22.8. The van der Waals surface area contributed by atoms with Crippen molar-refractivity contribution in [1.29, 1.82) is 0 Å². The number of hydrogen-bond donors (Lipinski definition) is 0. The Kier molecular flexibility index (Phi) is 5.19. The summed E-state index contributed by atoms with van der Waals surface area (Å²) in [6, 6.07) is 48.2. The van der Waals surface area contributed by atoms with Crippen molar-refractivity contribution in [3.63, 3.8) is 0 Å². The lowest BCUT2D eigenvalue weighted by atomic mass is 10.00. The van der Waals surface area contributed by atoms with Gasteiger partial charge in [-0.2, -0.15) is 9.97 Å². The Morgan fingerprint density at radius 2 is 1.11 bits per heavy atom. The van der Waals surface area contributed by atoms with Gasteiger partial charge in [0.25, 0.3) is 0 Å². The second kappa shape index (κ2) is 9.55. The van der Waals surface area contributed by atoms with Crippen LogP contribution in [0.5, 0.6) is 0 Å². The number of pyridine rings is 1. The number of nitrogens with zero attached hydrogens (tertiary/aromatic N) is 6. The Bertz CT molecular complexity index is 2670. The Balaban J connectivity index is 1.44. The molecule has 6 heteroatoms. The Morgan fingerprint density at radius 1 is 0.435 bits per heavy atom. The average molecular weight is 589 g/mol. The highest BCUT2D eigenvalue weighted by molar-refractivity contribution is 6.32. The molecule has 4 aromatic heterocycles. The quantitative estimate of drug-likeness (QED) is 0.192. The summed E-state index contributed by atoms with van der Waals surface area (Å²) >= 11 is 0. The number of para-hydroxylation sites is 1. The van der Waals surface area contributed by atoms with Crippen LogP contribution < -0.4 is 0 Å². The predicted octanol–water partition coefficient (Wildman–Crippen LogP) is 9.39. The van der Waals surface area contributed by atoms with Gasteiger partial charge in [0.2, 0.25) is 5.95 Å². The maximum atomic E-state index is 5.21. The minimum atomic E-state index is 0.572. The smallest absolute Gasteiger partial charge is 0.238 e. The lowest BCUT2D eigenvalue weighted by Crippen LogP contribution is -2.07. The third kappa shape index (κ3) is 3.52. The fraction of sp³-hybridized carbons (Fsp3) is 0.